The largest absolute Gasteiger partial charge is 0.0854 e. The third-order valence-corrected chi connectivity index (χ3v) is 4.34. The van der Waals surface area contributed by atoms with Crippen molar-refractivity contribution in [3.8, 4) is 0 Å². The second kappa shape index (κ2) is 3.95. The number of hydrogen-bond donors (Lipinski definition) is 0. The number of allylic oxidation sites excluding steroid dienone is 4. The van der Waals surface area contributed by atoms with Gasteiger partial charge in [0.05, 0.1) is 0 Å². The minimum Gasteiger partial charge on any atom is -0.0854 e. The van der Waals surface area contributed by atoms with Gasteiger partial charge in [-0.25, -0.2) is 0 Å². The van der Waals surface area contributed by atoms with Gasteiger partial charge in [-0.15, -0.1) is 0 Å². The molecule has 0 nitrogen and oxygen atoms in total. The van der Waals surface area contributed by atoms with Crippen LogP contribution in [-0.2, 0) is 0 Å². The highest BCUT2D eigenvalue weighted by Gasteiger charge is 2.21. The molecule has 1 rings (SSSR count). The van der Waals surface area contributed by atoms with Gasteiger partial charge >= 0.3 is 0 Å². The molecule has 0 heterocycles. The molecule has 0 aromatic heterocycles. The molecule has 0 aromatic carbocycles. The van der Waals surface area contributed by atoms with E-state index in [-0.39, 0.29) is 0 Å². The first-order chi connectivity index (χ1) is 5.56. The zero-order chi connectivity index (χ0) is 9.19. The van der Waals surface area contributed by atoms with Crippen LogP contribution in [0.5, 0.6) is 0 Å². The summed E-state index contributed by atoms with van der Waals surface area (Å²) in [6.45, 7) is 6.89. The van der Waals surface area contributed by atoms with Crippen LogP contribution in [0.2, 0.25) is 0 Å². The Bertz CT molecular complexity index is 211. The fraction of sp³-hybridized carbons (Fsp3) is 0.636. The minimum atomic E-state index is 0.358. The predicted octanol–water partition coefficient (Wildman–Crippen LogP) is 3.97. The summed E-state index contributed by atoms with van der Waals surface area (Å²) < 4.78 is 1.19. The van der Waals surface area contributed by atoms with E-state index < -0.39 is 0 Å². The fourth-order valence-electron chi connectivity index (χ4n) is 1.31. The number of rotatable bonds is 2. The smallest absolute Gasteiger partial charge is 0.00871 e. The van der Waals surface area contributed by atoms with E-state index in [2.05, 4.69) is 61.6 Å². The summed E-state index contributed by atoms with van der Waals surface area (Å²) in [5, 5.41) is 0. The Kier molecular flexibility index (Phi) is 3.38. The lowest BCUT2D eigenvalue weighted by Gasteiger charge is -2.26. The van der Waals surface area contributed by atoms with Gasteiger partial charge in [-0.05, 0) is 23.3 Å². The maximum Gasteiger partial charge on any atom is 0.00871 e. The van der Waals surface area contributed by atoms with Crippen LogP contribution in [0.1, 0.15) is 27.2 Å². The monoisotopic (exact) mass is 276 g/mol. The summed E-state index contributed by atoms with van der Waals surface area (Å²) >= 11 is 2.46. The Morgan fingerprint density at radius 3 is 2.67 bits per heavy atom. The Morgan fingerprint density at radius 2 is 2.25 bits per heavy atom. The maximum atomic E-state index is 2.46. The molecule has 0 amide bonds. The van der Waals surface area contributed by atoms with Gasteiger partial charge < -0.3 is 0 Å². The first-order valence-corrected chi connectivity index (χ1v) is 6.03. The number of halogens is 1. The van der Waals surface area contributed by atoms with Crippen molar-refractivity contribution in [3.63, 3.8) is 0 Å². The molecule has 0 fully saturated rings. The molecule has 1 atom stereocenters. The van der Waals surface area contributed by atoms with E-state index in [0.29, 0.717) is 5.41 Å². The van der Waals surface area contributed by atoms with Crippen molar-refractivity contribution >= 4 is 22.6 Å². The quantitative estimate of drug-likeness (QED) is 0.529. The van der Waals surface area contributed by atoms with Crippen molar-refractivity contribution in [1.82, 2.24) is 0 Å². The van der Waals surface area contributed by atoms with E-state index >= 15 is 0 Å². The minimum absolute atomic E-state index is 0.358. The van der Waals surface area contributed by atoms with Crippen molar-refractivity contribution in [2.75, 3.05) is 4.43 Å². The Hall–Kier alpha value is 0.210. The molecule has 1 aliphatic carbocycles. The third-order valence-electron chi connectivity index (χ3n) is 2.43. The Balaban J connectivity index is 2.72. The summed E-state index contributed by atoms with van der Waals surface area (Å²) in [6.07, 6.45) is 8.23. The van der Waals surface area contributed by atoms with Crippen LogP contribution in [0.3, 0.4) is 0 Å². The average molecular weight is 276 g/mol. The highest BCUT2D eigenvalue weighted by atomic mass is 127. The highest BCUT2D eigenvalue weighted by Crippen LogP contribution is 2.32. The Morgan fingerprint density at radius 1 is 1.58 bits per heavy atom. The fourth-order valence-corrected chi connectivity index (χ4v) is 1.75. The van der Waals surface area contributed by atoms with E-state index in [9.17, 15) is 0 Å². The molecule has 0 radical (unpaired) electrons. The lowest BCUT2D eigenvalue weighted by Crippen LogP contribution is -2.16. The maximum absolute atomic E-state index is 2.46. The van der Waals surface area contributed by atoms with Crippen molar-refractivity contribution in [2.45, 2.75) is 27.2 Å². The second-order valence-corrected chi connectivity index (χ2v) is 5.01. The van der Waals surface area contributed by atoms with Crippen LogP contribution >= 0.6 is 22.6 Å². The molecule has 0 aliphatic heterocycles. The van der Waals surface area contributed by atoms with Gasteiger partial charge in [-0.2, -0.15) is 0 Å². The molecule has 0 saturated heterocycles. The second-order valence-electron chi connectivity index (χ2n) is 4.25. The van der Waals surface area contributed by atoms with Gasteiger partial charge in [0.15, 0.2) is 0 Å². The molecule has 0 aromatic rings. The summed E-state index contributed by atoms with van der Waals surface area (Å²) in [5.74, 6) is 0.735. The summed E-state index contributed by atoms with van der Waals surface area (Å²) in [7, 11) is 0. The van der Waals surface area contributed by atoms with Crippen LogP contribution in [0.25, 0.3) is 0 Å². The van der Waals surface area contributed by atoms with E-state index in [0.717, 1.165) is 5.92 Å². The molecule has 0 spiro atoms. The lowest BCUT2D eigenvalue weighted by atomic mass is 9.82. The van der Waals surface area contributed by atoms with Crippen LogP contribution < -0.4 is 0 Å². The van der Waals surface area contributed by atoms with Gasteiger partial charge in [0, 0.05) is 4.43 Å². The molecule has 1 aliphatic rings. The van der Waals surface area contributed by atoms with E-state index in [1.165, 1.54) is 16.4 Å². The van der Waals surface area contributed by atoms with Crippen molar-refractivity contribution < 1.29 is 0 Å². The number of hydrogen-bond acceptors (Lipinski definition) is 0. The third kappa shape index (κ3) is 2.35. The van der Waals surface area contributed by atoms with Crippen LogP contribution in [0.4, 0.5) is 0 Å². The molecule has 1 heteroatoms. The first kappa shape index (κ1) is 10.3. The molecule has 68 valence electrons. The van der Waals surface area contributed by atoms with Gasteiger partial charge in [-0.3, -0.25) is 0 Å². The standard InChI is InChI=1S/C11H17I/c1-9-4-6-10(7-5-9)11(2,3)8-12/h4,6-7,9H,5,8H2,1-3H3. The molecule has 1 unspecified atom stereocenters. The first-order valence-electron chi connectivity index (χ1n) is 4.51. The van der Waals surface area contributed by atoms with E-state index in [4.69, 9.17) is 0 Å². The van der Waals surface area contributed by atoms with Crippen LogP contribution in [0, 0.1) is 11.3 Å². The summed E-state index contributed by atoms with van der Waals surface area (Å²) in [5.41, 5.74) is 1.87. The van der Waals surface area contributed by atoms with Gasteiger partial charge in [-0.1, -0.05) is 61.6 Å². The zero-order valence-electron chi connectivity index (χ0n) is 8.10. The van der Waals surface area contributed by atoms with Crippen molar-refractivity contribution in [3.05, 3.63) is 23.8 Å². The zero-order valence-corrected chi connectivity index (χ0v) is 10.3. The van der Waals surface area contributed by atoms with E-state index in [1.54, 1.807) is 0 Å². The highest BCUT2D eigenvalue weighted by molar-refractivity contribution is 14.1. The van der Waals surface area contributed by atoms with Gasteiger partial charge in [0.1, 0.15) is 0 Å². The van der Waals surface area contributed by atoms with Crippen molar-refractivity contribution in [2.24, 2.45) is 11.3 Å². The van der Waals surface area contributed by atoms with Gasteiger partial charge in [0.25, 0.3) is 0 Å². The number of alkyl halides is 1. The van der Waals surface area contributed by atoms with Crippen LogP contribution in [-0.4, -0.2) is 4.43 Å². The molecular weight excluding hydrogens is 259 g/mol. The van der Waals surface area contributed by atoms with Crippen molar-refractivity contribution in [1.29, 1.82) is 0 Å². The summed E-state index contributed by atoms with van der Waals surface area (Å²) in [4.78, 5) is 0. The predicted molar refractivity (Wildman–Crippen MR) is 63.7 cm³/mol. The molecule has 12 heavy (non-hydrogen) atoms. The lowest BCUT2D eigenvalue weighted by molar-refractivity contribution is 0.527. The SMILES string of the molecule is CC1C=CC(C(C)(C)CI)=CC1. The topological polar surface area (TPSA) is 0 Å². The molecule has 0 saturated carbocycles. The van der Waals surface area contributed by atoms with E-state index in [1.807, 2.05) is 0 Å². The van der Waals surface area contributed by atoms with Crippen LogP contribution in [0.15, 0.2) is 23.8 Å². The molecule has 0 N–H and O–H groups in total. The summed E-state index contributed by atoms with van der Waals surface area (Å²) in [6, 6.07) is 0. The molecule has 0 bridgehead atoms. The Labute approximate surface area is 89.3 Å². The van der Waals surface area contributed by atoms with Gasteiger partial charge in [0.2, 0.25) is 0 Å². The molecular formula is C11H17I. The average Bonchev–Trinajstić information content (AvgIpc) is 2.05. The normalized spacial score (nSPS) is 24.0.